The first-order valence-electron chi connectivity index (χ1n) is 5.64. The number of aryl methyl sites for hydroxylation is 1. The van der Waals surface area contributed by atoms with E-state index in [0.717, 1.165) is 12.1 Å². The molecule has 0 aliphatic carbocycles. The molecule has 0 atom stereocenters. The SMILES string of the molecule is Cc1cc(=O)oc2cc(OC(=O)C(F)(F)S(=O)(=O)O)ccc12. The van der Waals surface area contributed by atoms with Crippen molar-refractivity contribution in [1.82, 2.24) is 0 Å². The van der Waals surface area contributed by atoms with Gasteiger partial charge in [-0.05, 0) is 24.6 Å². The predicted octanol–water partition coefficient (Wildman–Crippen LogP) is 1.49. The molecule has 1 heterocycles. The van der Waals surface area contributed by atoms with Crippen LogP contribution in [-0.2, 0) is 14.9 Å². The fraction of sp³-hybridized carbons (Fsp3) is 0.167. The van der Waals surface area contributed by atoms with Gasteiger partial charge >= 0.3 is 27.0 Å². The Kier molecular flexibility index (Phi) is 3.75. The highest BCUT2D eigenvalue weighted by atomic mass is 32.2. The second-order valence-corrected chi connectivity index (χ2v) is 5.75. The van der Waals surface area contributed by atoms with Crippen molar-refractivity contribution >= 4 is 27.1 Å². The molecule has 0 unspecified atom stereocenters. The van der Waals surface area contributed by atoms with Crippen molar-refractivity contribution in [3.8, 4) is 5.75 Å². The quantitative estimate of drug-likeness (QED) is 0.392. The number of carbonyl (C=O) groups is 1. The van der Waals surface area contributed by atoms with Gasteiger partial charge in [0.25, 0.3) is 0 Å². The minimum absolute atomic E-state index is 0.0366. The summed E-state index contributed by atoms with van der Waals surface area (Å²) in [4.78, 5) is 22.4. The Morgan fingerprint density at radius 3 is 2.55 bits per heavy atom. The van der Waals surface area contributed by atoms with Crippen LogP contribution in [0.5, 0.6) is 5.75 Å². The zero-order valence-electron chi connectivity index (χ0n) is 10.9. The number of alkyl halides is 2. The molecule has 1 aromatic carbocycles. The summed E-state index contributed by atoms with van der Waals surface area (Å²) in [6.07, 6.45) is 0. The molecular formula is C12H8F2O7S. The fourth-order valence-corrected chi connectivity index (χ4v) is 1.89. The van der Waals surface area contributed by atoms with Crippen molar-refractivity contribution in [2.75, 3.05) is 0 Å². The molecule has 0 saturated heterocycles. The molecule has 22 heavy (non-hydrogen) atoms. The van der Waals surface area contributed by atoms with E-state index in [1.165, 1.54) is 12.1 Å². The maximum Gasteiger partial charge on any atom is 0.466 e. The van der Waals surface area contributed by atoms with Gasteiger partial charge in [-0.3, -0.25) is 4.55 Å². The number of halogens is 2. The highest BCUT2D eigenvalue weighted by Gasteiger charge is 2.54. The molecule has 1 aromatic heterocycles. The molecule has 2 aromatic rings. The van der Waals surface area contributed by atoms with Gasteiger partial charge in [-0.15, -0.1) is 0 Å². The average molecular weight is 334 g/mol. The number of ether oxygens (including phenoxy) is 1. The first kappa shape index (κ1) is 16.0. The summed E-state index contributed by atoms with van der Waals surface area (Å²) in [5.74, 6) is -2.96. The molecule has 0 fully saturated rings. The van der Waals surface area contributed by atoms with Crippen LogP contribution in [0.3, 0.4) is 0 Å². The van der Waals surface area contributed by atoms with E-state index in [0.29, 0.717) is 10.9 Å². The largest absolute Gasteiger partial charge is 0.466 e. The van der Waals surface area contributed by atoms with Crippen molar-refractivity contribution in [1.29, 1.82) is 0 Å². The predicted molar refractivity (Wildman–Crippen MR) is 69.4 cm³/mol. The Bertz CT molecular complexity index is 915. The van der Waals surface area contributed by atoms with Gasteiger partial charge in [-0.2, -0.15) is 17.2 Å². The smallest absolute Gasteiger partial charge is 0.423 e. The molecule has 0 aliphatic heterocycles. The second kappa shape index (κ2) is 5.14. The monoisotopic (exact) mass is 334 g/mol. The summed E-state index contributed by atoms with van der Waals surface area (Å²) in [5, 5.41) is -4.64. The van der Waals surface area contributed by atoms with E-state index in [-0.39, 0.29) is 5.58 Å². The maximum atomic E-state index is 13.1. The van der Waals surface area contributed by atoms with Crippen LogP contribution in [0.1, 0.15) is 5.56 Å². The van der Waals surface area contributed by atoms with Crippen LogP contribution in [0.2, 0.25) is 0 Å². The van der Waals surface area contributed by atoms with Gasteiger partial charge in [0, 0.05) is 17.5 Å². The summed E-state index contributed by atoms with van der Waals surface area (Å²) < 4.78 is 64.3. The second-order valence-electron chi connectivity index (χ2n) is 4.29. The summed E-state index contributed by atoms with van der Waals surface area (Å²) in [5.41, 5.74) is -0.186. The van der Waals surface area contributed by atoms with Crippen molar-refractivity contribution in [3.05, 3.63) is 40.2 Å². The number of carbonyl (C=O) groups excluding carboxylic acids is 1. The van der Waals surface area contributed by atoms with Gasteiger partial charge in [0.05, 0.1) is 0 Å². The lowest BCUT2D eigenvalue weighted by molar-refractivity contribution is -0.151. The molecule has 1 N–H and O–H groups in total. The zero-order chi connectivity index (χ0) is 16.7. The molecule has 2 rings (SSSR count). The van der Waals surface area contributed by atoms with Gasteiger partial charge in [0.15, 0.2) is 0 Å². The van der Waals surface area contributed by atoms with E-state index in [2.05, 4.69) is 4.74 Å². The molecule has 10 heteroatoms. The van der Waals surface area contributed by atoms with Crippen molar-refractivity contribution in [3.63, 3.8) is 0 Å². The van der Waals surface area contributed by atoms with E-state index < -0.39 is 32.7 Å². The van der Waals surface area contributed by atoms with Crippen molar-refractivity contribution < 1.29 is 35.7 Å². The van der Waals surface area contributed by atoms with Crippen LogP contribution in [0.25, 0.3) is 11.0 Å². The molecule has 0 spiro atoms. The first-order chi connectivity index (χ1) is 10.0. The van der Waals surface area contributed by atoms with Crippen LogP contribution in [0.4, 0.5) is 8.78 Å². The Morgan fingerprint density at radius 1 is 1.32 bits per heavy atom. The Morgan fingerprint density at radius 2 is 1.95 bits per heavy atom. The Labute approximate surface area is 121 Å². The minimum atomic E-state index is -5.96. The van der Waals surface area contributed by atoms with Gasteiger partial charge in [0.1, 0.15) is 11.3 Å². The highest BCUT2D eigenvalue weighted by Crippen LogP contribution is 2.26. The third-order valence-corrected chi connectivity index (χ3v) is 3.51. The zero-order valence-corrected chi connectivity index (χ0v) is 11.7. The van der Waals surface area contributed by atoms with Gasteiger partial charge < -0.3 is 9.15 Å². The van der Waals surface area contributed by atoms with E-state index in [4.69, 9.17) is 8.97 Å². The van der Waals surface area contributed by atoms with Crippen molar-refractivity contribution in [2.45, 2.75) is 12.2 Å². The van der Waals surface area contributed by atoms with E-state index >= 15 is 0 Å². The van der Waals surface area contributed by atoms with Crippen LogP contribution < -0.4 is 10.4 Å². The van der Waals surface area contributed by atoms with Crippen LogP contribution in [0, 0.1) is 6.92 Å². The number of benzene rings is 1. The number of fused-ring (bicyclic) bond motifs is 1. The van der Waals surface area contributed by atoms with E-state index in [9.17, 15) is 26.8 Å². The molecular weight excluding hydrogens is 326 g/mol. The minimum Gasteiger partial charge on any atom is -0.423 e. The lowest BCUT2D eigenvalue weighted by atomic mass is 10.1. The molecule has 0 saturated carbocycles. The highest BCUT2D eigenvalue weighted by molar-refractivity contribution is 7.87. The third-order valence-electron chi connectivity index (χ3n) is 2.69. The van der Waals surface area contributed by atoms with Crippen LogP contribution in [0.15, 0.2) is 33.5 Å². The maximum absolute atomic E-state index is 13.1. The summed E-state index contributed by atoms with van der Waals surface area (Å²) in [6.45, 7) is 1.61. The van der Waals surface area contributed by atoms with Gasteiger partial charge in [-0.1, -0.05) is 0 Å². The summed E-state index contributed by atoms with van der Waals surface area (Å²) in [6, 6.07) is 4.62. The lowest BCUT2D eigenvalue weighted by Gasteiger charge is -2.12. The molecule has 0 bridgehead atoms. The molecule has 0 aliphatic rings. The molecule has 118 valence electrons. The number of esters is 1. The molecule has 0 radical (unpaired) electrons. The van der Waals surface area contributed by atoms with Gasteiger partial charge in [0.2, 0.25) is 0 Å². The first-order valence-corrected chi connectivity index (χ1v) is 7.08. The van der Waals surface area contributed by atoms with Crippen LogP contribution >= 0.6 is 0 Å². The Balaban J connectivity index is 2.41. The van der Waals surface area contributed by atoms with Crippen LogP contribution in [-0.4, -0.2) is 24.2 Å². The number of rotatable bonds is 3. The Hall–Kier alpha value is -2.33. The topological polar surface area (TPSA) is 111 Å². The van der Waals surface area contributed by atoms with Crippen molar-refractivity contribution in [2.24, 2.45) is 0 Å². The lowest BCUT2D eigenvalue weighted by Crippen LogP contribution is -2.40. The third kappa shape index (κ3) is 2.83. The standard InChI is InChI=1S/C12H8F2O7S/c1-6-4-10(15)21-9-5-7(2-3-8(6)9)20-11(16)12(13,14)22(17,18)19/h2-5H,1H3,(H,17,18,19). The van der Waals surface area contributed by atoms with Gasteiger partial charge in [-0.25, -0.2) is 9.59 Å². The fourth-order valence-electron chi connectivity index (χ4n) is 1.64. The summed E-state index contributed by atoms with van der Waals surface area (Å²) in [7, 11) is -5.96. The molecule has 7 nitrogen and oxygen atoms in total. The average Bonchev–Trinajstić information content (AvgIpc) is 2.36. The number of hydrogen-bond donors (Lipinski definition) is 1. The summed E-state index contributed by atoms with van der Waals surface area (Å²) >= 11 is 0. The van der Waals surface area contributed by atoms with E-state index in [1.54, 1.807) is 6.92 Å². The number of hydrogen-bond acceptors (Lipinski definition) is 6. The van der Waals surface area contributed by atoms with E-state index in [1.807, 2.05) is 0 Å². The molecule has 0 amide bonds. The normalized spacial score (nSPS) is 12.4.